The average Bonchev–Trinajstić information content (AvgIpc) is 2.45. The summed E-state index contributed by atoms with van der Waals surface area (Å²) >= 11 is 0. The van der Waals surface area contributed by atoms with Gasteiger partial charge in [-0.05, 0) is 31.4 Å². The van der Waals surface area contributed by atoms with Gasteiger partial charge in [-0.3, -0.25) is 4.79 Å². The van der Waals surface area contributed by atoms with Crippen molar-refractivity contribution in [3.8, 4) is 5.75 Å². The molecule has 1 heterocycles. The highest BCUT2D eigenvalue weighted by Crippen LogP contribution is 2.31. The third kappa shape index (κ3) is 3.65. The lowest BCUT2D eigenvalue weighted by Crippen LogP contribution is -2.52. The molecule has 1 saturated heterocycles. The Morgan fingerprint density at radius 2 is 1.95 bits per heavy atom. The third-order valence-electron chi connectivity index (χ3n) is 3.31. The third-order valence-corrected chi connectivity index (χ3v) is 3.31. The zero-order chi connectivity index (χ0) is 14.6. The number of hydrogen-bond donors (Lipinski definition) is 0. The largest absolute Gasteiger partial charge is 0.484 e. The number of carbonyl (C=O) groups is 1. The van der Waals surface area contributed by atoms with E-state index in [0.717, 1.165) is 4.90 Å². The first-order valence-electron chi connectivity index (χ1n) is 6.52. The van der Waals surface area contributed by atoms with E-state index in [1.165, 1.54) is 0 Å². The number of para-hydroxylation sites is 1. The van der Waals surface area contributed by atoms with Crippen LogP contribution >= 0.6 is 0 Å². The number of halogens is 3. The molecule has 0 saturated carbocycles. The first kappa shape index (κ1) is 14.7. The van der Waals surface area contributed by atoms with Gasteiger partial charge in [0.2, 0.25) is 0 Å². The molecule has 0 spiro atoms. The fourth-order valence-electron chi connectivity index (χ4n) is 2.32. The van der Waals surface area contributed by atoms with E-state index in [9.17, 15) is 18.0 Å². The van der Waals surface area contributed by atoms with Gasteiger partial charge in [-0.2, -0.15) is 13.2 Å². The highest BCUT2D eigenvalue weighted by molar-refractivity contribution is 5.78. The summed E-state index contributed by atoms with van der Waals surface area (Å²) in [6.45, 7) is -0.224. The molecule has 1 amide bonds. The Labute approximate surface area is 115 Å². The standard InChI is InChI=1S/C14H16F3NO2/c15-14(16,17)12-8-4-5-9-18(12)13(19)10-20-11-6-2-1-3-7-11/h1-3,6-7,12H,4-5,8-10H2. The van der Waals surface area contributed by atoms with Gasteiger partial charge in [-0.1, -0.05) is 18.2 Å². The maximum absolute atomic E-state index is 12.9. The average molecular weight is 287 g/mol. The summed E-state index contributed by atoms with van der Waals surface area (Å²) < 4.78 is 43.9. The van der Waals surface area contributed by atoms with Crippen molar-refractivity contribution >= 4 is 5.91 Å². The summed E-state index contributed by atoms with van der Waals surface area (Å²) in [5.41, 5.74) is 0. The molecular weight excluding hydrogens is 271 g/mol. The van der Waals surface area contributed by atoms with Crippen molar-refractivity contribution in [2.24, 2.45) is 0 Å². The summed E-state index contributed by atoms with van der Waals surface area (Å²) in [4.78, 5) is 12.8. The van der Waals surface area contributed by atoms with Crippen LogP contribution in [0.4, 0.5) is 13.2 Å². The van der Waals surface area contributed by atoms with Gasteiger partial charge >= 0.3 is 6.18 Å². The van der Waals surface area contributed by atoms with Crippen LogP contribution < -0.4 is 4.74 Å². The minimum atomic E-state index is -4.37. The Morgan fingerprint density at radius 1 is 1.25 bits per heavy atom. The van der Waals surface area contributed by atoms with Crippen LogP contribution in [0.5, 0.6) is 5.75 Å². The van der Waals surface area contributed by atoms with Crippen molar-refractivity contribution in [3.05, 3.63) is 30.3 Å². The Bertz CT molecular complexity index is 447. The second-order valence-corrected chi connectivity index (χ2v) is 4.74. The second-order valence-electron chi connectivity index (χ2n) is 4.74. The highest BCUT2D eigenvalue weighted by Gasteiger charge is 2.46. The van der Waals surface area contributed by atoms with E-state index in [1.807, 2.05) is 0 Å². The monoisotopic (exact) mass is 287 g/mol. The fourth-order valence-corrected chi connectivity index (χ4v) is 2.32. The molecule has 1 aliphatic rings. The topological polar surface area (TPSA) is 29.5 Å². The number of carbonyl (C=O) groups excluding carboxylic acids is 1. The van der Waals surface area contributed by atoms with Gasteiger partial charge in [0.25, 0.3) is 5.91 Å². The molecule has 1 aromatic rings. The Morgan fingerprint density at radius 3 is 2.60 bits per heavy atom. The Balaban J connectivity index is 1.96. The van der Waals surface area contributed by atoms with Gasteiger partial charge in [0.05, 0.1) is 0 Å². The number of amides is 1. The number of benzene rings is 1. The number of rotatable bonds is 3. The van der Waals surface area contributed by atoms with Crippen molar-refractivity contribution in [1.82, 2.24) is 4.90 Å². The first-order valence-corrected chi connectivity index (χ1v) is 6.52. The molecule has 1 fully saturated rings. The molecule has 110 valence electrons. The van der Waals surface area contributed by atoms with Crippen molar-refractivity contribution in [1.29, 1.82) is 0 Å². The summed E-state index contributed by atoms with van der Waals surface area (Å²) in [6.07, 6.45) is -3.31. The number of hydrogen-bond acceptors (Lipinski definition) is 2. The van der Waals surface area contributed by atoms with Crippen LogP contribution in [0.25, 0.3) is 0 Å². The van der Waals surface area contributed by atoms with Crippen molar-refractivity contribution < 1.29 is 22.7 Å². The van der Waals surface area contributed by atoms with Crippen LogP contribution in [0.2, 0.25) is 0 Å². The van der Waals surface area contributed by atoms with E-state index in [4.69, 9.17) is 4.74 Å². The fraction of sp³-hybridized carbons (Fsp3) is 0.500. The second kappa shape index (κ2) is 6.15. The smallest absolute Gasteiger partial charge is 0.408 e. The minimum Gasteiger partial charge on any atom is -0.484 e. The van der Waals surface area contributed by atoms with Gasteiger partial charge in [0.1, 0.15) is 11.8 Å². The number of nitrogens with zero attached hydrogens (tertiary/aromatic N) is 1. The molecule has 0 radical (unpaired) electrons. The lowest BCUT2D eigenvalue weighted by atomic mass is 10.0. The summed E-state index contributed by atoms with van der Waals surface area (Å²) in [5, 5.41) is 0. The van der Waals surface area contributed by atoms with E-state index >= 15 is 0 Å². The van der Waals surface area contributed by atoms with Crippen LogP contribution in [-0.4, -0.2) is 36.2 Å². The number of piperidine rings is 1. The molecule has 1 aromatic carbocycles. The predicted octanol–water partition coefficient (Wildman–Crippen LogP) is 3.01. The molecule has 2 rings (SSSR count). The maximum atomic E-state index is 12.9. The van der Waals surface area contributed by atoms with Gasteiger partial charge in [-0.25, -0.2) is 0 Å². The van der Waals surface area contributed by atoms with Crippen LogP contribution in [0.1, 0.15) is 19.3 Å². The first-order chi connectivity index (χ1) is 9.48. The highest BCUT2D eigenvalue weighted by atomic mass is 19.4. The van der Waals surface area contributed by atoms with Crippen molar-refractivity contribution in [3.63, 3.8) is 0 Å². The quantitative estimate of drug-likeness (QED) is 0.855. The van der Waals surface area contributed by atoms with E-state index in [2.05, 4.69) is 0 Å². The van der Waals surface area contributed by atoms with E-state index in [0.29, 0.717) is 18.6 Å². The number of alkyl halides is 3. The predicted molar refractivity (Wildman–Crippen MR) is 67.3 cm³/mol. The maximum Gasteiger partial charge on any atom is 0.408 e. The van der Waals surface area contributed by atoms with E-state index < -0.39 is 18.1 Å². The zero-order valence-electron chi connectivity index (χ0n) is 10.9. The Hall–Kier alpha value is -1.72. The summed E-state index contributed by atoms with van der Waals surface area (Å²) in [6, 6.07) is 6.90. The molecule has 0 bridgehead atoms. The molecule has 20 heavy (non-hydrogen) atoms. The van der Waals surface area contributed by atoms with E-state index in [1.54, 1.807) is 30.3 Å². The molecule has 1 unspecified atom stereocenters. The molecule has 1 aliphatic heterocycles. The lowest BCUT2D eigenvalue weighted by Gasteiger charge is -2.36. The molecule has 0 aromatic heterocycles. The van der Waals surface area contributed by atoms with Gasteiger partial charge < -0.3 is 9.64 Å². The molecule has 3 nitrogen and oxygen atoms in total. The molecule has 0 aliphatic carbocycles. The van der Waals surface area contributed by atoms with E-state index in [-0.39, 0.29) is 19.6 Å². The van der Waals surface area contributed by atoms with Gasteiger partial charge in [-0.15, -0.1) is 0 Å². The van der Waals surface area contributed by atoms with Crippen LogP contribution in [0.3, 0.4) is 0 Å². The minimum absolute atomic E-state index is 0.0272. The lowest BCUT2D eigenvalue weighted by molar-refractivity contribution is -0.196. The summed E-state index contributed by atoms with van der Waals surface area (Å²) in [7, 11) is 0. The van der Waals surface area contributed by atoms with Crippen LogP contribution in [0.15, 0.2) is 30.3 Å². The molecule has 0 N–H and O–H groups in total. The van der Waals surface area contributed by atoms with Crippen LogP contribution in [0, 0.1) is 0 Å². The molecular formula is C14H16F3NO2. The summed E-state index contributed by atoms with van der Waals surface area (Å²) in [5.74, 6) is -0.141. The van der Waals surface area contributed by atoms with Gasteiger partial charge in [0.15, 0.2) is 6.61 Å². The Kier molecular flexibility index (Phi) is 4.52. The number of ether oxygens (including phenoxy) is 1. The van der Waals surface area contributed by atoms with Crippen molar-refractivity contribution in [2.75, 3.05) is 13.2 Å². The SMILES string of the molecule is O=C(COc1ccccc1)N1CCCCC1C(F)(F)F. The number of likely N-dealkylation sites (tertiary alicyclic amines) is 1. The van der Waals surface area contributed by atoms with Crippen molar-refractivity contribution in [2.45, 2.75) is 31.5 Å². The molecule has 1 atom stereocenters. The zero-order valence-corrected chi connectivity index (χ0v) is 10.9. The van der Waals surface area contributed by atoms with Gasteiger partial charge in [0, 0.05) is 6.54 Å². The normalized spacial score (nSPS) is 19.8. The van der Waals surface area contributed by atoms with Crippen LogP contribution in [-0.2, 0) is 4.79 Å². The molecule has 6 heteroatoms.